The third-order valence-electron chi connectivity index (χ3n) is 3.60. The summed E-state index contributed by atoms with van der Waals surface area (Å²) in [6.45, 7) is 4.01. The first-order valence-corrected chi connectivity index (χ1v) is 7.14. The SMILES string of the molecule is CC(C)c1ccc(-c2ccc(C(=O)O)c(=O)n2CCO)cc1. The summed E-state index contributed by atoms with van der Waals surface area (Å²) >= 11 is 0. The minimum Gasteiger partial charge on any atom is -0.477 e. The van der Waals surface area contributed by atoms with Crippen LogP contribution in [-0.4, -0.2) is 27.4 Å². The van der Waals surface area contributed by atoms with Gasteiger partial charge >= 0.3 is 5.97 Å². The number of aliphatic hydroxyl groups is 1. The van der Waals surface area contributed by atoms with Crippen LogP contribution in [0.5, 0.6) is 0 Å². The Bertz CT molecular complexity index is 729. The van der Waals surface area contributed by atoms with Gasteiger partial charge in [-0.25, -0.2) is 4.79 Å². The van der Waals surface area contributed by atoms with Crippen molar-refractivity contribution in [3.63, 3.8) is 0 Å². The fourth-order valence-corrected chi connectivity index (χ4v) is 2.35. The Kier molecular flexibility index (Phi) is 4.78. The van der Waals surface area contributed by atoms with E-state index in [0.29, 0.717) is 11.6 Å². The van der Waals surface area contributed by atoms with Crippen LogP contribution in [0.15, 0.2) is 41.2 Å². The maximum absolute atomic E-state index is 12.2. The summed E-state index contributed by atoms with van der Waals surface area (Å²) < 4.78 is 1.30. The van der Waals surface area contributed by atoms with E-state index in [1.165, 1.54) is 16.2 Å². The maximum Gasteiger partial charge on any atom is 0.341 e. The molecule has 1 heterocycles. The maximum atomic E-state index is 12.2. The highest BCUT2D eigenvalue weighted by Gasteiger charge is 2.14. The molecule has 0 atom stereocenters. The van der Waals surface area contributed by atoms with Gasteiger partial charge in [0, 0.05) is 6.54 Å². The van der Waals surface area contributed by atoms with Crippen LogP contribution >= 0.6 is 0 Å². The third kappa shape index (κ3) is 3.09. The molecule has 0 saturated carbocycles. The van der Waals surface area contributed by atoms with Gasteiger partial charge in [-0.2, -0.15) is 0 Å². The van der Waals surface area contributed by atoms with Crippen LogP contribution in [0.25, 0.3) is 11.3 Å². The zero-order valence-corrected chi connectivity index (χ0v) is 12.6. The lowest BCUT2D eigenvalue weighted by Crippen LogP contribution is -2.28. The number of rotatable bonds is 5. The summed E-state index contributed by atoms with van der Waals surface area (Å²) in [5.41, 5.74) is 1.69. The molecule has 2 rings (SSSR count). The molecule has 1 aromatic carbocycles. The number of pyridine rings is 1. The number of aromatic carboxylic acids is 1. The van der Waals surface area contributed by atoms with Gasteiger partial charge in [0.2, 0.25) is 0 Å². The van der Waals surface area contributed by atoms with Crippen molar-refractivity contribution < 1.29 is 15.0 Å². The molecule has 22 heavy (non-hydrogen) atoms. The van der Waals surface area contributed by atoms with Crippen LogP contribution in [0.3, 0.4) is 0 Å². The average molecular weight is 301 g/mol. The van der Waals surface area contributed by atoms with Crippen LogP contribution in [0.4, 0.5) is 0 Å². The molecule has 0 amide bonds. The number of aliphatic hydroxyl groups excluding tert-OH is 1. The Morgan fingerprint density at radius 2 is 1.77 bits per heavy atom. The minimum absolute atomic E-state index is 0.0568. The summed E-state index contributed by atoms with van der Waals surface area (Å²) in [7, 11) is 0. The average Bonchev–Trinajstić information content (AvgIpc) is 2.49. The first-order chi connectivity index (χ1) is 10.5. The molecule has 116 valence electrons. The van der Waals surface area contributed by atoms with Gasteiger partial charge in [0.05, 0.1) is 12.3 Å². The van der Waals surface area contributed by atoms with Crippen molar-refractivity contribution in [2.24, 2.45) is 0 Å². The number of carbonyl (C=O) groups is 1. The molecule has 0 spiro atoms. The first kappa shape index (κ1) is 16.0. The number of hydrogen-bond acceptors (Lipinski definition) is 3. The fraction of sp³-hybridized carbons (Fsp3) is 0.294. The zero-order chi connectivity index (χ0) is 16.3. The van der Waals surface area contributed by atoms with Gasteiger partial charge in [0.15, 0.2) is 0 Å². The van der Waals surface area contributed by atoms with E-state index in [-0.39, 0.29) is 18.7 Å². The zero-order valence-electron chi connectivity index (χ0n) is 12.6. The standard InChI is InChI=1S/C17H19NO4/c1-11(2)12-3-5-13(6-4-12)15-8-7-14(17(21)22)16(20)18(15)9-10-19/h3-8,11,19H,9-10H2,1-2H3,(H,21,22). The minimum atomic E-state index is -1.27. The second-order valence-corrected chi connectivity index (χ2v) is 5.39. The molecule has 0 radical (unpaired) electrons. The molecule has 0 fully saturated rings. The molecule has 0 aliphatic carbocycles. The monoisotopic (exact) mass is 301 g/mol. The van der Waals surface area contributed by atoms with Crippen molar-refractivity contribution in [1.29, 1.82) is 0 Å². The van der Waals surface area contributed by atoms with Crippen molar-refractivity contribution in [1.82, 2.24) is 4.57 Å². The highest BCUT2D eigenvalue weighted by molar-refractivity contribution is 5.87. The second kappa shape index (κ2) is 6.58. The highest BCUT2D eigenvalue weighted by Crippen LogP contribution is 2.22. The number of benzene rings is 1. The Labute approximate surface area is 128 Å². The predicted octanol–water partition coefficient (Wildman–Crippen LogP) is 2.33. The number of hydrogen-bond donors (Lipinski definition) is 2. The lowest BCUT2D eigenvalue weighted by atomic mass is 10.0. The van der Waals surface area contributed by atoms with Gasteiger partial charge in [-0.15, -0.1) is 0 Å². The molecule has 5 nitrogen and oxygen atoms in total. The molecule has 2 N–H and O–H groups in total. The van der Waals surface area contributed by atoms with E-state index < -0.39 is 11.5 Å². The first-order valence-electron chi connectivity index (χ1n) is 7.14. The van der Waals surface area contributed by atoms with Gasteiger partial charge < -0.3 is 14.8 Å². The van der Waals surface area contributed by atoms with E-state index in [4.69, 9.17) is 10.2 Å². The van der Waals surface area contributed by atoms with Crippen molar-refractivity contribution in [2.75, 3.05) is 6.61 Å². The van der Waals surface area contributed by atoms with Crippen molar-refractivity contribution in [3.05, 3.63) is 57.9 Å². The van der Waals surface area contributed by atoms with Crippen LogP contribution in [-0.2, 0) is 6.54 Å². The van der Waals surface area contributed by atoms with Crippen LogP contribution in [0, 0.1) is 0 Å². The number of nitrogens with zero attached hydrogens (tertiary/aromatic N) is 1. The largest absolute Gasteiger partial charge is 0.477 e. The molecule has 0 aliphatic rings. The third-order valence-corrected chi connectivity index (χ3v) is 3.60. The smallest absolute Gasteiger partial charge is 0.341 e. The molecule has 0 saturated heterocycles. The Morgan fingerprint density at radius 1 is 1.14 bits per heavy atom. The molecule has 1 aromatic heterocycles. The molecule has 0 aliphatic heterocycles. The van der Waals surface area contributed by atoms with Crippen LogP contribution in [0.2, 0.25) is 0 Å². The Balaban J connectivity index is 2.57. The van der Waals surface area contributed by atoms with Crippen molar-refractivity contribution in [2.45, 2.75) is 26.3 Å². The summed E-state index contributed by atoms with van der Waals surface area (Å²) in [6.07, 6.45) is 0. The topological polar surface area (TPSA) is 79.5 Å². The molecule has 0 bridgehead atoms. The summed E-state index contributed by atoms with van der Waals surface area (Å²) in [5.74, 6) is -0.860. The van der Waals surface area contributed by atoms with Crippen LogP contribution < -0.4 is 5.56 Å². The summed E-state index contributed by atoms with van der Waals surface area (Å²) in [4.78, 5) is 23.3. The van der Waals surface area contributed by atoms with Gasteiger partial charge in [-0.05, 0) is 29.2 Å². The van der Waals surface area contributed by atoms with Crippen molar-refractivity contribution >= 4 is 5.97 Å². The summed E-state index contributed by atoms with van der Waals surface area (Å²) in [5, 5.41) is 18.2. The number of carboxylic acids is 1. The molecule has 0 unspecified atom stereocenters. The number of aromatic nitrogens is 1. The fourth-order valence-electron chi connectivity index (χ4n) is 2.35. The summed E-state index contributed by atoms with van der Waals surface area (Å²) in [6, 6.07) is 10.7. The van der Waals surface area contributed by atoms with E-state index >= 15 is 0 Å². The highest BCUT2D eigenvalue weighted by atomic mass is 16.4. The lowest BCUT2D eigenvalue weighted by Gasteiger charge is -2.14. The quantitative estimate of drug-likeness (QED) is 0.888. The Hall–Kier alpha value is -2.40. The van der Waals surface area contributed by atoms with E-state index in [2.05, 4.69) is 13.8 Å². The van der Waals surface area contributed by atoms with E-state index in [1.54, 1.807) is 6.07 Å². The number of carboxylic acid groups (broad SMARTS) is 1. The molecule has 5 heteroatoms. The van der Waals surface area contributed by atoms with E-state index in [0.717, 1.165) is 5.56 Å². The van der Waals surface area contributed by atoms with Crippen LogP contribution in [0.1, 0.15) is 35.7 Å². The van der Waals surface area contributed by atoms with Gasteiger partial charge in [-0.3, -0.25) is 4.79 Å². The van der Waals surface area contributed by atoms with Gasteiger partial charge in [-0.1, -0.05) is 38.1 Å². The van der Waals surface area contributed by atoms with Crippen molar-refractivity contribution in [3.8, 4) is 11.3 Å². The second-order valence-electron chi connectivity index (χ2n) is 5.39. The predicted molar refractivity (Wildman–Crippen MR) is 84.3 cm³/mol. The Morgan fingerprint density at radius 3 is 2.27 bits per heavy atom. The molecular formula is C17H19NO4. The lowest BCUT2D eigenvalue weighted by molar-refractivity contribution is 0.0694. The van der Waals surface area contributed by atoms with Gasteiger partial charge in [0.1, 0.15) is 5.56 Å². The molecular weight excluding hydrogens is 282 g/mol. The van der Waals surface area contributed by atoms with E-state index in [1.807, 2.05) is 24.3 Å². The van der Waals surface area contributed by atoms with E-state index in [9.17, 15) is 9.59 Å². The normalized spacial score (nSPS) is 10.9. The molecule has 2 aromatic rings. The van der Waals surface area contributed by atoms with Gasteiger partial charge in [0.25, 0.3) is 5.56 Å².